The second-order valence-corrected chi connectivity index (χ2v) is 10.3. The van der Waals surface area contributed by atoms with Crippen LogP contribution in [0.4, 0.5) is 17.3 Å². The van der Waals surface area contributed by atoms with Gasteiger partial charge in [-0.3, -0.25) is 4.90 Å². The van der Waals surface area contributed by atoms with Crippen LogP contribution >= 0.6 is 11.6 Å². The van der Waals surface area contributed by atoms with Gasteiger partial charge in [0.2, 0.25) is 11.2 Å². The van der Waals surface area contributed by atoms with Crippen molar-refractivity contribution in [2.75, 3.05) is 4.90 Å². The third kappa shape index (κ3) is 3.39. The lowest BCUT2D eigenvalue weighted by molar-refractivity contribution is 0.183. The smallest absolute Gasteiger partial charge is 0.239 e. The molecule has 1 fully saturated rings. The lowest BCUT2D eigenvalue weighted by atomic mass is 9.51. The maximum absolute atomic E-state index is 6.50. The van der Waals surface area contributed by atoms with Gasteiger partial charge < -0.3 is 0 Å². The molecule has 180 valence electrons. The number of rotatable bonds is 3. The lowest BCUT2D eigenvalue weighted by Crippen LogP contribution is -2.49. The van der Waals surface area contributed by atoms with E-state index in [1.807, 2.05) is 30.3 Å². The fourth-order valence-corrected chi connectivity index (χ4v) is 6.87. The van der Waals surface area contributed by atoms with Crippen LogP contribution in [0.25, 0.3) is 11.4 Å². The van der Waals surface area contributed by atoms with E-state index in [9.17, 15) is 0 Å². The highest BCUT2D eigenvalue weighted by Gasteiger charge is 2.53. The molecule has 2 aliphatic rings. The zero-order valence-corrected chi connectivity index (χ0v) is 21.4. The molecule has 3 aromatic carbocycles. The second kappa shape index (κ2) is 8.86. The van der Waals surface area contributed by atoms with E-state index in [2.05, 4.69) is 83.8 Å². The molecule has 2 unspecified atom stereocenters. The SMILES string of the molecule is C=C1CC(C)C2(c3ccccc3N(c3nc(Cl)nc(-c4ccccc4)n3)c3ccccc32)C(CC)C1. The Hall–Kier alpha value is -3.50. The first-order valence-corrected chi connectivity index (χ1v) is 13.0. The normalized spacial score (nSPS) is 20.2. The van der Waals surface area contributed by atoms with Gasteiger partial charge in [0.05, 0.1) is 11.4 Å². The van der Waals surface area contributed by atoms with Crippen molar-refractivity contribution in [3.63, 3.8) is 0 Å². The van der Waals surface area contributed by atoms with Crippen molar-refractivity contribution in [1.82, 2.24) is 15.0 Å². The topological polar surface area (TPSA) is 41.9 Å². The fourth-order valence-electron chi connectivity index (χ4n) is 6.71. The molecule has 4 nitrogen and oxygen atoms in total. The van der Waals surface area contributed by atoms with Gasteiger partial charge in [-0.1, -0.05) is 99.2 Å². The average Bonchev–Trinajstić information content (AvgIpc) is 2.90. The average molecular weight is 493 g/mol. The van der Waals surface area contributed by atoms with Crippen molar-refractivity contribution in [1.29, 1.82) is 0 Å². The number of hydrogen-bond acceptors (Lipinski definition) is 4. The number of para-hydroxylation sites is 2. The Bertz CT molecular complexity index is 1400. The summed E-state index contributed by atoms with van der Waals surface area (Å²) < 4.78 is 0. The highest BCUT2D eigenvalue weighted by atomic mass is 35.5. The predicted molar refractivity (Wildman–Crippen MR) is 147 cm³/mol. The molecule has 6 rings (SSSR count). The molecule has 1 aliphatic heterocycles. The molecule has 0 saturated heterocycles. The van der Waals surface area contributed by atoms with Crippen LogP contribution in [0.5, 0.6) is 0 Å². The number of nitrogens with zero attached hydrogens (tertiary/aromatic N) is 4. The van der Waals surface area contributed by atoms with Gasteiger partial charge >= 0.3 is 0 Å². The number of anilines is 3. The van der Waals surface area contributed by atoms with Gasteiger partial charge in [0, 0.05) is 11.0 Å². The summed E-state index contributed by atoms with van der Waals surface area (Å²) in [5, 5.41) is 0.183. The Kier molecular flexibility index (Phi) is 5.65. The first-order valence-electron chi connectivity index (χ1n) is 12.7. The number of aromatic nitrogens is 3. The van der Waals surface area contributed by atoms with Gasteiger partial charge in [0.15, 0.2) is 5.82 Å². The summed E-state index contributed by atoms with van der Waals surface area (Å²) in [4.78, 5) is 16.2. The van der Waals surface area contributed by atoms with E-state index < -0.39 is 0 Å². The summed E-state index contributed by atoms with van der Waals surface area (Å²) in [7, 11) is 0. The first-order chi connectivity index (χ1) is 17.5. The van der Waals surface area contributed by atoms with Crippen molar-refractivity contribution < 1.29 is 0 Å². The van der Waals surface area contributed by atoms with Gasteiger partial charge in [-0.2, -0.15) is 15.0 Å². The molecule has 1 spiro atoms. The number of halogens is 1. The maximum Gasteiger partial charge on any atom is 0.239 e. The highest BCUT2D eigenvalue weighted by Crippen LogP contribution is 2.62. The molecule has 5 heteroatoms. The number of fused-ring (bicyclic) bond motifs is 4. The largest absolute Gasteiger partial charge is 0.278 e. The molecule has 1 aromatic heterocycles. The van der Waals surface area contributed by atoms with Crippen LogP contribution in [0.3, 0.4) is 0 Å². The van der Waals surface area contributed by atoms with E-state index in [4.69, 9.17) is 16.6 Å². The number of allylic oxidation sites excluding steroid dienone is 1. The summed E-state index contributed by atoms with van der Waals surface area (Å²) in [5.41, 5.74) is 7.02. The van der Waals surface area contributed by atoms with E-state index in [1.165, 1.54) is 16.7 Å². The zero-order chi connectivity index (χ0) is 24.9. The van der Waals surface area contributed by atoms with Crippen LogP contribution in [0.2, 0.25) is 5.28 Å². The highest BCUT2D eigenvalue weighted by molar-refractivity contribution is 6.28. The Morgan fingerprint density at radius 2 is 1.47 bits per heavy atom. The van der Waals surface area contributed by atoms with Crippen LogP contribution in [0.1, 0.15) is 44.2 Å². The summed E-state index contributed by atoms with van der Waals surface area (Å²) in [6, 6.07) is 27.4. The molecule has 0 amide bonds. The summed E-state index contributed by atoms with van der Waals surface area (Å²) in [6.45, 7) is 9.12. The lowest BCUT2D eigenvalue weighted by Gasteiger charge is -2.54. The Morgan fingerprint density at radius 1 is 0.861 bits per heavy atom. The predicted octanol–water partition coefficient (Wildman–Crippen LogP) is 8.27. The molecule has 1 saturated carbocycles. The van der Waals surface area contributed by atoms with Gasteiger partial charge in [0.1, 0.15) is 0 Å². The van der Waals surface area contributed by atoms with E-state index in [0.717, 1.165) is 36.2 Å². The fraction of sp³-hybridized carbons (Fsp3) is 0.258. The minimum absolute atomic E-state index is 0.112. The van der Waals surface area contributed by atoms with Crippen molar-refractivity contribution in [3.05, 3.63) is 107 Å². The van der Waals surface area contributed by atoms with E-state index >= 15 is 0 Å². The zero-order valence-electron chi connectivity index (χ0n) is 20.7. The molecule has 2 heterocycles. The van der Waals surface area contributed by atoms with Gasteiger partial charge in [-0.15, -0.1) is 0 Å². The first kappa shape index (κ1) is 22.9. The third-order valence-electron chi connectivity index (χ3n) is 8.05. The molecule has 0 radical (unpaired) electrons. The van der Waals surface area contributed by atoms with Crippen molar-refractivity contribution in [3.8, 4) is 11.4 Å². The minimum atomic E-state index is -0.112. The van der Waals surface area contributed by atoms with E-state index in [0.29, 0.717) is 23.6 Å². The molecular formula is C31H29ClN4. The Morgan fingerprint density at radius 3 is 2.11 bits per heavy atom. The van der Waals surface area contributed by atoms with Gasteiger partial charge in [0.25, 0.3) is 0 Å². The molecule has 0 N–H and O–H groups in total. The molecular weight excluding hydrogens is 464 g/mol. The van der Waals surface area contributed by atoms with Gasteiger partial charge in [-0.25, -0.2) is 0 Å². The van der Waals surface area contributed by atoms with E-state index in [-0.39, 0.29) is 10.7 Å². The Balaban J connectivity index is 1.62. The van der Waals surface area contributed by atoms with Crippen molar-refractivity contribution in [2.45, 2.75) is 38.5 Å². The standard InChI is InChI=1S/C31H29ClN4/c1-4-23-19-20(2)18-21(3)31(23)24-14-8-10-16-26(24)36(27-17-11-9-15-25(27)31)30-34-28(33-29(32)35-30)22-12-6-5-7-13-22/h5-17,21,23H,2,4,18-19H2,1,3H3. The van der Waals surface area contributed by atoms with Crippen molar-refractivity contribution >= 4 is 28.9 Å². The van der Waals surface area contributed by atoms with Gasteiger partial charge in [-0.05, 0) is 59.5 Å². The third-order valence-corrected chi connectivity index (χ3v) is 8.22. The monoisotopic (exact) mass is 492 g/mol. The molecule has 1 aliphatic carbocycles. The van der Waals surface area contributed by atoms with Crippen LogP contribution < -0.4 is 4.90 Å². The maximum atomic E-state index is 6.50. The molecule has 2 atom stereocenters. The van der Waals surface area contributed by atoms with Crippen LogP contribution in [0.15, 0.2) is 91.0 Å². The number of hydrogen-bond donors (Lipinski definition) is 0. The van der Waals surface area contributed by atoms with Crippen molar-refractivity contribution in [2.24, 2.45) is 11.8 Å². The van der Waals surface area contributed by atoms with E-state index in [1.54, 1.807) is 0 Å². The van der Waals surface area contributed by atoms with Crippen LogP contribution in [-0.2, 0) is 5.41 Å². The second-order valence-electron chi connectivity index (χ2n) is 10.00. The van der Waals surface area contributed by atoms with Crippen LogP contribution in [-0.4, -0.2) is 15.0 Å². The number of benzene rings is 3. The minimum Gasteiger partial charge on any atom is -0.278 e. The Labute approximate surface area is 217 Å². The molecule has 4 aromatic rings. The molecule has 0 bridgehead atoms. The summed E-state index contributed by atoms with van der Waals surface area (Å²) in [6.07, 6.45) is 3.15. The van der Waals surface area contributed by atoms with Crippen LogP contribution in [0, 0.1) is 11.8 Å². The summed E-state index contributed by atoms with van der Waals surface area (Å²) in [5.74, 6) is 1.97. The summed E-state index contributed by atoms with van der Waals surface area (Å²) >= 11 is 6.50. The quantitative estimate of drug-likeness (QED) is 0.270. The molecule has 36 heavy (non-hydrogen) atoms.